The van der Waals surface area contributed by atoms with E-state index in [-0.39, 0.29) is 6.09 Å². The zero-order valence-electron chi connectivity index (χ0n) is 32.7. The number of hydrogen-bond acceptors (Lipinski definition) is 2. The highest BCUT2D eigenvalue weighted by Crippen LogP contribution is 2.34. The Bertz CT molecular complexity index is 762. The SMILES string of the molecule is CCCCCCCCCC(CCCCCCCCC)C(CCCCCCCCC)CCCCCCCCNC(=O)OCc1ccccc1. The molecule has 0 aliphatic rings. The zero-order chi connectivity index (χ0) is 34.6. The van der Waals surface area contributed by atoms with Gasteiger partial charge < -0.3 is 10.1 Å². The second-order valence-corrected chi connectivity index (χ2v) is 15.1. The third kappa shape index (κ3) is 28.3. The molecule has 0 saturated carbocycles. The van der Waals surface area contributed by atoms with Gasteiger partial charge in [0.1, 0.15) is 6.61 Å². The number of hydrogen-bond donors (Lipinski definition) is 1. The van der Waals surface area contributed by atoms with Crippen LogP contribution in [0.1, 0.15) is 225 Å². The predicted octanol–water partition coefficient (Wildman–Crippen LogP) is 15.3. The molecule has 0 heterocycles. The van der Waals surface area contributed by atoms with E-state index >= 15 is 0 Å². The summed E-state index contributed by atoms with van der Waals surface area (Å²) in [7, 11) is 0. The van der Waals surface area contributed by atoms with E-state index in [1.807, 2.05) is 30.3 Å². The van der Waals surface area contributed by atoms with Crippen LogP contribution in [0.3, 0.4) is 0 Å². The molecule has 0 bridgehead atoms. The molecular formula is C45H83NO2. The summed E-state index contributed by atoms with van der Waals surface area (Å²) in [5.41, 5.74) is 1.03. The van der Waals surface area contributed by atoms with Crippen molar-refractivity contribution in [1.29, 1.82) is 0 Å². The lowest BCUT2D eigenvalue weighted by atomic mass is 9.78. The van der Waals surface area contributed by atoms with Gasteiger partial charge in [-0.2, -0.15) is 0 Å². The molecule has 0 aliphatic heterocycles. The lowest BCUT2D eigenvalue weighted by Crippen LogP contribution is -2.25. The molecule has 1 aromatic carbocycles. The molecule has 0 spiro atoms. The maximum absolute atomic E-state index is 12.0. The third-order valence-electron chi connectivity index (χ3n) is 10.7. The normalized spacial score (nSPS) is 12.1. The summed E-state index contributed by atoms with van der Waals surface area (Å²) in [6, 6.07) is 9.89. The molecule has 1 aromatic rings. The molecule has 1 atom stereocenters. The number of ether oxygens (including phenoxy) is 1. The molecule has 3 heteroatoms. The molecule has 1 rings (SSSR count). The summed E-state index contributed by atoms with van der Waals surface area (Å²) in [5.74, 6) is 1.91. The highest BCUT2D eigenvalue weighted by Gasteiger charge is 2.20. The van der Waals surface area contributed by atoms with Gasteiger partial charge in [0.2, 0.25) is 0 Å². The van der Waals surface area contributed by atoms with E-state index in [9.17, 15) is 4.79 Å². The number of carbonyl (C=O) groups excluding carboxylic acids is 1. The van der Waals surface area contributed by atoms with E-state index in [4.69, 9.17) is 4.74 Å². The number of unbranched alkanes of at least 4 members (excludes halogenated alkanes) is 23. The smallest absolute Gasteiger partial charge is 0.407 e. The van der Waals surface area contributed by atoms with Gasteiger partial charge in [-0.05, 0) is 23.8 Å². The minimum absolute atomic E-state index is 0.298. The maximum atomic E-state index is 12.0. The Labute approximate surface area is 300 Å². The number of benzene rings is 1. The quantitative estimate of drug-likeness (QED) is 0.0722. The summed E-state index contributed by atoms with van der Waals surface area (Å²) in [5, 5.41) is 2.93. The number of amides is 1. The first-order chi connectivity index (χ1) is 23.7. The average Bonchev–Trinajstić information content (AvgIpc) is 3.10. The van der Waals surface area contributed by atoms with Crippen LogP contribution in [0.2, 0.25) is 0 Å². The van der Waals surface area contributed by atoms with E-state index in [0.29, 0.717) is 13.2 Å². The van der Waals surface area contributed by atoms with Crippen molar-refractivity contribution in [1.82, 2.24) is 5.32 Å². The Balaban J connectivity index is 2.44. The van der Waals surface area contributed by atoms with Gasteiger partial charge in [-0.3, -0.25) is 0 Å². The molecule has 3 nitrogen and oxygen atoms in total. The molecule has 0 saturated heterocycles. The monoisotopic (exact) mass is 670 g/mol. The second-order valence-electron chi connectivity index (χ2n) is 15.1. The first kappa shape index (κ1) is 44.5. The Kier molecular flexibility index (Phi) is 32.8. The first-order valence-electron chi connectivity index (χ1n) is 21.7. The van der Waals surface area contributed by atoms with E-state index < -0.39 is 0 Å². The van der Waals surface area contributed by atoms with Crippen LogP contribution in [-0.4, -0.2) is 12.6 Å². The minimum atomic E-state index is -0.298. The van der Waals surface area contributed by atoms with Gasteiger partial charge in [0.25, 0.3) is 0 Å². The topological polar surface area (TPSA) is 38.3 Å². The lowest BCUT2D eigenvalue weighted by molar-refractivity contribution is 0.139. The molecule has 0 aliphatic carbocycles. The van der Waals surface area contributed by atoms with Gasteiger partial charge in [-0.25, -0.2) is 4.79 Å². The van der Waals surface area contributed by atoms with Crippen LogP contribution in [0.15, 0.2) is 30.3 Å². The Hall–Kier alpha value is -1.51. The summed E-state index contributed by atoms with van der Waals surface area (Å²) < 4.78 is 5.34. The van der Waals surface area contributed by atoms with Crippen molar-refractivity contribution < 1.29 is 9.53 Å². The van der Waals surface area contributed by atoms with Gasteiger partial charge in [0.15, 0.2) is 0 Å². The summed E-state index contributed by atoms with van der Waals surface area (Å²) in [6.45, 7) is 8.03. The number of alkyl carbamates (subject to hydrolysis) is 1. The number of nitrogens with one attached hydrogen (secondary N) is 1. The minimum Gasteiger partial charge on any atom is -0.445 e. The zero-order valence-corrected chi connectivity index (χ0v) is 32.7. The molecule has 0 radical (unpaired) electrons. The van der Waals surface area contributed by atoms with Crippen molar-refractivity contribution in [2.24, 2.45) is 11.8 Å². The van der Waals surface area contributed by atoms with Crippen LogP contribution >= 0.6 is 0 Å². The Morgan fingerprint density at radius 3 is 1.19 bits per heavy atom. The molecule has 0 fully saturated rings. The fraction of sp³-hybridized carbons (Fsp3) is 0.844. The van der Waals surface area contributed by atoms with Gasteiger partial charge >= 0.3 is 6.09 Å². The van der Waals surface area contributed by atoms with Crippen LogP contribution in [0.25, 0.3) is 0 Å². The number of rotatable bonds is 36. The van der Waals surface area contributed by atoms with E-state index in [0.717, 1.165) is 23.8 Å². The molecule has 48 heavy (non-hydrogen) atoms. The number of carbonyl (C=O) groups is 1. The van der Waals surface area contributed by atoms with Gasteiger partial charge in [0.05, 0.1) is 0 Å². The summed E-state index contributed by atoms with van der Waals surface area (Å²) >= 11 is 0. The van der Waals surface area contributed by atoms with Crippen LogP contribution in [0.5, 0.6) is 0 Å². The second kappa shape index (κ2) is 35.3. The molecular weight excluding hydrogens is 587 g/mol. The van der Waals surface area contributed by atoms with Gasteiger partial charge in [0, 0.05) is 6.54 Å². The van der Waals surface area contributed by atoms with Gasteiger partial charge in [-0.1, -0.05) is 244 Å². The molecule has 0 aromatic heterocycles. The molecule has 1 N–H and O–H groups in total. The Morgan fingerprint density at radius 1 is 0.479 bits per heavy atom. The maximum Gasteiger partial charge on any atom is 0.407 e. The van der Waals surface area contributed by atoms with E-state index in [1.54, 1.807) is 0 Å². The third-order valence-corrected chi connectivity index (χ3v) is 10.7. The van der Waals surface area contributed by atoms with E-state index in [2.05, 4.69) is 26.1 Å². The van der Waals surface area contributed by atoms with Crippen molar-refractivity contribution in [3.63, 3.8) is 0 Å². The largest absolute Gasteiger partial charge is 0.445 e. The molecule has 1 unspecified atom stereocenters. The average molecular weight is 670 g/mol. The van der Waals surface area contributed by atoms with Crippen molar-refractivity contribution in [3.8, 4) is 0 Å². The summed E-state index contributed by atoms with van der Waals surface area (Å²) in [4.78, 5) is 12.0. The standard InChI is InChI=1S/C45H83NO2/c1-4-7-10-13-16-21-29-36-43(37-30-22-17-14-11-8-5-2)44(38-31-23-18-15-12-9-6-3)39-32-24-19-20-25-33-40-46-45(47)48-41-42-34-27-26-28-35-42/h26-28,34-35,43-44H,4-25,29-33,36-41H2,1-3H3,(H,46,47). The fourth-order valence-corrected chi connectivity index (χ4v) is 7.53. The van der Waals surface area contributed by atoms with Crippen LogP contribution in [-0.2, 0) is 11.3 Å². The van der Waals surface area contributed by atoms with Crippen molar-refractivity contribution >= 4 is 6.09 Å². The fourth-order valence-electron chi connectivity index (χ4n) is 7.53. The van der Waals surface area contributed by atoms with Crippen LogP contribution in [0.4, 0.5) is 4.79 Å². The summed E-state index contributed by atoms with van der Waals surface area (Å²) in [6.07, 6.45) is 43.4. The van der Waals surface area contributed by atoms with E-state index in [1.165, 1.54) is 193 Å². The predicted molar refractivity (Wildman–Crippen MR) is 212 cm³/mol. The van der Waals surface area contributed by atoms with Crippen LogP contribution < -0.4 is 5.32 Å². The Morgan fingerprint density at radius 2 is 0.812 bits per heavy atom. The van der Waals surface area contributed by atoms with Gasteiger partial charge in [-0.15, -0.1) is 0 Å². The highest BCUT2D eigenvalue weighted by atomic mass is 16.5. The van der Waals surface area contributed by atoms with Crippen molar-refractivity contribution in [3.05, 3.63) is 35.9 Å². The lowest BCUT2D eigenvalue weighted by Gasteiger charge is -2.28. The first-order valence-corrected chi connectivity index (χ1v) is 21.7. The van der Waals surface area contributed by atoms with Crippen molar-refractivity contribution in [2.45, 2.75) is 226 Å². The molecule has 1 amide bonds. The van der Waals surface area contributed by atoms with Crippen LogP contribution in [0, 0.1) is 11.8 Å². The highest BCUT2D eigenvalue weighted by molar-refractivity contribution is 5.67. The molecule has 280 valence electrons. The van der Waals surface area contributed by atoms with Crippen molar-refractivity contribution in [2.75, 3.05) is 6.54 Å².